The first-order chi connectivity index (χ1) is 12.2. The lowest BCUT2D eigenvalue weighted by Crippen LogP contribution is -2.13. The minimum atomic E-state index is 0.297. The molecule has 1 aliphatic heterocycles. The second kappa shape index (κ2) is 7.94. The maximum atomic E-state index is 5.76. The summed E-state index contributed by atoms with van der Waals surface area (Å²) in [5, 5.41) is 3.43. The minimum Gasteiger partial charge on any atom is -0.493 e. The molecule has 0 amide bonds. The number of hydrogen-bond acceptors (Lipinski definition) is 5. The molecule has 0 atom stereocenters. The van der Waals surface area contributed by atoms with Crippen molar-refractivity contribution in [2.24, 2.45) is 0 Å². The molecule has 0 saturated heterocycles. The Balaban J connectivity index is 1.59. The third-order valence-electron chi connectivity index (χ3n) is 3.80. The van der Waals surface area contributed by atoms with Gasteiger partial charge in [0.1, 0.15) is 6.61 Å². The van der Waals surface area contributed by atoms with Gasteiger partial charge in [-0.1, -0.05) is 18.7 Å². The summed E-state index contributed by atoms with van der Waals surface area (Å²) >= 11 is 0. The lowest BCUT2D eigenvalue weighted by Gasteiger charge is -2.13. The van der Waals surface area contributed by atoms with Gasteiger partial charge in [-0.25, -0.2) is 0 Å². The highest BCUT2D eigenvalue weighted by atomic mass is 16.7. The summed E-state index contributed by atoms with van der Waals surface area (Å²) in [5.74, 6) is 3.06. The van der Waals surface area contributed by atoms with Crippen LogP contribution in [0.15, 0.2) is 48.6 Å². The van der Waals surface area contributed by atoms with Crippen LogP contribution in [-0.2, 0) is 13.1 Å². The topological polar surface area (TPSA) is 49.0 Å². The SMILES string of the molecule is C=C(C)COc1cc(CNCc2ccc3c(c2)OCO3)ccc1OC. The van der Waals surface area contributed by atoms with Gasteiger partial charge >= 0.3 is 0 Å². The van der Waals surface area contributed by atoms with Crippen molar-refractivity contribution in [1.29, 1.82) is 0 Å². The molecule has 5 heteroatoms. The average Bonchev–Trinajstić information content (AvgIpc) is 3.08. The van der Waals surface area contributed by atoms with Crippen LogP contribution in [0.3, 0.4) is 0 Å². The maximum absolute atomic E-state index is 5.76. The Hall–Kier alpha value is -2.66. The number of hydrogen-bond donors (Lipinski definition) is 1. The van der Waals surface area contributed by atoms with Crippen molar-refractivity contribution >= 4 is 0 Å². The number of methoxy groups -OCH3 is 1. The van der Waals surface area contributed by atoms with E-state index in [-0.39, 0.29) is 0 Å². The molecule has 0 saturated carbocycles. The molecule has 0 unspecified atom stereocenters. The van der Waals surface area contributed by atoms with Crippen LogP contribution in [0.5, 0.6) is 23.0 Å². The van der Waals surface area contributed by atoms with Crippen molar-refractivity contribution in [3.8, 4) is 23.0 Å². The van der Waals surface area contributed by atoms with Gasteiger partial charge in [-0.05, 0) is 47.9 Å². The predicted molar refractivity (Wildman–Crippen MR) is 96.4 cm³/mol. The minimum absolute atomic E-state index is 0.297. The van der Waals surface area contributed by atoms with E-state index < -0.39 is 0 Å². The van der Waals surface area contributed by atoms with E-state index in [1.807, 2.05) is 43.3 Å². The van der Waals surface area contributed by atoms with Gasteiger partial charge in [-0.3, -0.25) is 0 Å². The van der Waals surface area contributed by atoms with Gasteiger partial charge < -0.3 is 24.3 Å². The quantitative estimate of drug-likeness (QED) is 0.743. The fourth-order valence-corrected chi connectivity index (χ4v) is 2.55. The zero-order chi connectivity index (χ0) is 17.6. The lowest BCUT2D eigenvalue weighted by molar-refractivity contribution is 0.174. The molecule has 0 aromatic heterocycles. The molecular formula is C20H23NO4. The van der Waals surface area contributed by atoms with Gasteiger partial charge in [0, 0.05) is 13.1 Å². The second-order valence-corrected chi connectivity index (χ2v) is 6.02. The van der Waals surface area contributed by atoms with Crippen LogP contribution in [-0.4, -0.2) is 20.5 Å². The summed E-state index contributed by atoms with van der Waals surface area (Å²) < 4.78 is 21.8. The van der Waals surface area contributed by atoms with Crippen molar-refractivity contribution in [3.63, 3.8) is 0 Å². The van der Waals surface area contributed by atoms with Crippen molar-refractivity contribution in [3.05, 3.63) is 59.7 Å². The Morgan fingerprint density at radius 1 is 1.04 bits per heavy atom. The zero-order valence-corrected chi connectivity index (χ0v) is 14.6. The van der Waals surface area contributed by atoms with E-state index in [2.05, 4.69) is 11.9 Å². The lowest BCUT2D eigenvalue weighted by atomic mass is 10.1. The molecule has 1 heterocycles. The van der Waals surface area contributed by atoms with Crippen molar-refractivity contribution in [1.82, 2.24) is 5.32 Å². The normalized spacial score (nSPS) is 12.1. The summed E-state index contributed by atoms with van der Waals surface area (Å²) in [5.41, 5.74) is 3.24. The Bertz CT molecular complexity index is 757. The molecule has 2 aromatic carbocycles. The van der Waals surface area contributed by atoms with Crippen LogP contribution in [0.25, 0.3) is 0 Å². The van der Waals surface area contributed by atoms with Crippen molar-refractivity contribution < 1.29 is 18.9 Å². The van der Waals surface area contributed by atoms with E-state index in [1.165, 1.54) is 0 Å². The van der Waals surface area contributed by atoms with Crippen LogP contribution in [0.1, 0.15) is 18.1 Å². The molecule has 5 nitrogen and oxygen atoms in total. The zero-order valence-electron chi connectivity index (χ0n) is 14.6. The molecule has 25 heavy (non-hydrogen) atoms. The summed E-state index contributed by atoms with van der Waals surface area (Å²) in [6, 6.07) is 11.9. The van der Waals surface area contributed by atoms with E-state index in [1.54, 1.807) is 7.11 Å². The average molecular weight is 341 g/mol. The van der Waals surface area contributed by atoms with Gasteiger partial charge in [0.05, 0.1) is 7.11 Å². The number of fused-ring (bicyclic) bond motifs is 1. The number of ether oxygens (including phenoxy) is 4. The number of benzene rings is 2. The van der Waals surface area contributed by atoms with E-state index >= 15 is 0 Å². The number of rotatable bonds is 8. The van der Waals surface area contributed by atoms with Crippen LogP contribution in [0.2, 0.25) is 0 Å². The fraction of sp³-hybridized carbons (Fsp3) is 0.300. The highest BCUT2D eigenvalue weighted by Crippen LogP contribution is 2.32. The molecule has 0 spiro atoms. The molecule has 132 valence electrons. The Labute approximate surface area is 148 Å². The first-order valence-corrected chi connectivity index (χ1v) is 8.19. The van der Waals surface area contributed by atoms with Gasteiger partial charge in [-0.15, -0.1) is 0 Å². The molecular weight excluding hydrogens is 318 g/mol. The molecule has 2 aromatic rings. The van der Waals surface area contributed by atoms with Gasteiger partial charge in [0.2, 0.25) is 6.79 Å². The van der Waals surface area contributed by atoms with Gasteiger partial charge in [0.25, 0.3) is 0 Å². The molecule has 1 N–H and O–H groups in total. The molecule has 0 aliphatic carbocycles. The van der Waals surface area contributed by atoms with Crippen molar-refractivity contribution in [2.75, 3.05) is 20.5 Å². The highest BCUT2D eigenvalue weighted by molar-refractivity contribution is 5.45. The largest absolute Gasteiger partial charge is 0.493 e. The van der Waals surface area contributed by atoms with Crippen LogP contribution in [0, 0.1) is 0 Å². The monoisotopic (exact) mass is 341 g/mol. The van der Waals surface area contributed by atoms with E-state index in [4.69, 9.17) is 18.9 Å². The maximum Gasteiger partial charge on any atom is 0.231 e. The van der Waals surface area contributed by atoms with Gasteiger partial charge in [0.15, 0.2) is 23.0 Å². The predicted octanol–water partition coefficient (Wildman–Crippen LogP) is 3.67. The van der Waals surface area contributed by atoms with Crippen LogP contribution in [0.4, 0.5) is 0 Å². The Morgan fingerprint density at radius 3 is 2.52 bits per heavy atom. The van der Waals surface area contributed by atoms with E-state index in [0.717, 1.165) is 52.8 Å². The molecule has 3 rings (SSSR count). The Morgan fingerprint density at radius 2 is 1.76 bits per heavy atom. The van der Waals surface area contributed by atoms with Crippen LogP contribution >= 0.6 is 0 Å². The van der Waals surface area contributed by atoms with Crippen LogP contribution < -0.4 is 24.3 Å². The van der Waals surface area contributed by atoms with Gasteiger partial charge in [-0.2, -0.15) is 0 Å². The second-order valence-electron chi connectivity index (χ2n) is 6.02. The summed E-state index contributed by atoms with van der Waals surface area (Å²) in [4.78, 5) is 0. The summed E-state index contributed by atoms with van der Waals surface area (Å²) in [6.45, 7) is 8.03. The first kappa shape index (κ1) is 17.2. The number of nitrogens with one attached hydrogen (secondary N) is 1. The van der Waals surface area contributed by atoms with E-state index in [9.17, 15) is 0 Å². The Kier molecular flexibility index (Phi) is 5.46. The fourth-order valence-electron chi connectivity index (χ4n) is 2.55. The van der Waals surface area contributed by atoms with Crippen molar-refractivity contribution in [2.45, 2.75) is 20.0 Å². The third-order valence-corrected chi connectivity index (χ3v) is 3.80. The molecule has 0 fully saturated rings. The molecule has 0 radical (unpaired) electrons. The summed E-state index contributed by atoms with van der Waals surface area (Å²) in [6.07, 6.45) is 0. The first-order valence-electron chi connectivity index (χ1n) is 8.19. The third kappa shape index (κ3) is 4.45. The highest BCUT2D eigenvalue weighted by Gasteiger charge is 2.13. The summed E-state index contributed by atoms with van der Waals surface area (Å²) in [7, 11) is 1.64. The smallest absolute Gasteiger partial charge is 0.231 e. The molecule has 1 aliphatic rings. The van der Waals surface area contributed by atoms with E-state index in [0.29, 0.717) is 13.4 Å². The molecule has 0 bridgehead atoms. The standard InChI is InChI=1S/C20H23NO4/c1-14(2)12-23-19-8-15(4-6-17(19)22-3)10-21-11-16-5-7-18-20(9-16)25-13-24-18/h4-9,21H,1,10-13H2,2-3H3.